The van der Waals surface area contributed by atoms with E-state index >= 15 is 0 Å². The molecule has 0 aliphatic carbocycles. The molecule has 0 aromatic rings. The lowest BCUT2D eigenvalue weighted by molar-refractivity contribution is -0.137. The van der Waals surface area contributed by atoms with Crippen molar-refractivity contribution in [2.45, 2.75) is 33.1 Å². The number of carbonyl (C=O) groups excluding carboxylic acids is 2. The maximum absolute atomic E-state index is 11.8. The number of hydrogen-bond acceptors (Lipinski definition) is 3. The van der Waals surface area contributed by atoms with E-state index in [2.05, 4.69) is 5.32 Å². The van der Waals surface area contributed by atoms with Gasteiger partial charge < -0.3 is 15.3 Å². The second kappa shape index (κ2) is 7.11. The van der Waals surface area contributed by atoms with E-state index < -0.39 is 5.97 Å². The maximum Gasteiger partial charge on any atom is 0.303 e. The van der Waals surface area contributed by atoms with Crippen LogP contribution >= 0.6 is 0 Å². The zero-order chi connectivity index (χ0) is 14.4. The number of rotatable bonds is 7. The Labute approximate surface area is 113 Å². The third-order valence-electron chi connectivity index (χ3n) is 3.04. The summed E-state index contributed by atoms with van der Waals surface area (Å²) in [4.78, 5) is 35.6. The van der Waals surface area contributed by atoms with Gasteiger partial charge in [-0.2, -0.15) is 0 Å². The minimum Gasteiger partial charge on any atom is -0.481 e. The van der Waals surface area contributed by atoms with E-state index in [9.17, 15) is 14.4 Å². The Morgan fingerprint density at radius 1 is 1.47 bits per heavy atom. The number of likely N-dealkylation sites (tertiary alicyclic amines) is 1. The molecule has 0 bridgehead atoms. The molecule has 1 atom stereocenters. The molecule has 0 aromatic heterocycles. The molecule has 0 saturated carbocycles. The van der Waals surface area contributed by atoms with Gasteiger partial charge in [-0.3, -0.25) is 14.4 Å². The van der Waals surface area contributed by atoms with Gasteiger partial charge in [-0.05, 0) is 12.3 Å². The number of carboxylic acids is 1. The van der Waals surface area contributed by atoms with E-state index in [1.165, 1.54) is 0 Å². The summed E-state index contributed by atoms with van der Waals surface area (Å²) in [5.41, 5.74) is 0. The van der Waals surface area contributed by atoms with Crippen molar-refractivity contribution >= 4 is 17.8 Å². The highest BCUT2D eigenvalue weighted by molar-refractivity contribution is 5.89. The predicted molar refractivity (Wildman–Crippen MR) is 69.4 cm³/mol. The Morgan fingerprint density at radius 3 is 2.74 bits per heavy atom. The molecule has 108 valence electrons. The quantitative estimate of drug-likeness (QED) is 0.658. The van der Waals surface area contributed by atoms with Crippen LogP contribution in [0.2, 0.25) is 0 Å². The topological polar surface area (TPSA) is 86.7 Å². The number of nitrogens with zero attached hydrogens (tertiary/aromatic N) is 1. The fourth-order valence-corrected chi connectivity index (χ4v) is 2.16. The number of hydrogen-bond donors (Lipinski definition) is 2. The van der Waals surface area contributed by atoms with Gasteiger partial charge in [-0.15, -0.1) is 0 Å². The van der Waals surface area contributed by atoms with E-state index in [1.54, 1.807) is 4.90 Å². The molecule has 1 unspecified atom stereocenters. The number of carbonyl (C=O) groups is 3. The molecule has 6 heteroatoms. The molecule has 1 heterocycles. The molecule has 0 radical (unpaired) electrons. The monoisotopic (exact) mass is 270 g/mol. The van der Waals surface area contributed by atoms with Gasteiger partial charge in [0.1, 0.15) is 0 Å². The molecule has 1 rings (SSSR count). The Balaban J connectivity index is 2.30. The van der Waals surface area contributed by atoms with Crippen molar-refractivity contribution in [2.75, 3.05) is 19.6 Å². The van der Waals surface area contributed by atoms with E-state index in [4.69, 9.17) is 5.11 Å². The minimum absolute atomic E-state index is 0.0272. The van der Waals surface area contributed by atoms with Crippen molar-refractivity contribution in [1.82, 2.24) is 10.2 Å². The van der Waals surface area contributed by atoms with Crippen molar-refractivity contribution in [3.63, 3.8) is 0 Å². The van der Waals surface area contributed by atoms with Crippen LogP contribution in [0, 0.1) is 11.8 Å². The summed E-state index contributed by atoms with van der Waals surface area (Å²) in [6.07, 6.45) is 0.721. The fraction of sp³-hybridized carbons (Fsp3) is 0.769. The molecule has 0 spiro atoms. The largest absolute Gasteiger partial charge is 0.481 e. The van der Waals surface area contributed by atoms with Crippen LogP contribution in [0.1, 0.15) is 33.1 Å². The van der Waals surface area contributed by atoms with Crippen molar-refractivity contribution in [3.05, 3.63) is 0 Å². The Bertz CT molecular complexity index is 355. The van der Waals surface area contributed by atoms with Gasteiger partial charge in [0, 0.05) is 32.5 Å². The molecule has 1 aliphatic rings. The number of carboxylic acid groups (broad SMARTS) is 1. The van der Waals surface area contributed by atoms with Crippen LogP contribution < -0.4 is 5.32 Å². The molecule has 1 fully saturated rings. The van der Waals surface area contributed by atoms with Gasteiger partial charge in [0.2, 0.25) is 11.8 Å². The van der Waals surface area contributed by atoms with Crippen LogP contribution in [0.25, 0.3) is 0 Å². The lowest BCUT2D eigenvalue weighted by Gasteiger charge is -2.18. The van der Waals surface area contributed by atoms with Crippen LogP contribution in [0.5, 0.6) is 0 Å². The van der Waals surface area contributed by atoms with Crippen molar-refractivity contribution in [2.24, 2.45) is 11.8 Å². The predicted octanol–water partition coefficient (Wildman–Crippen LogP) is 0.472. The van der Waals surface area contributed by atoms with Gasteiger partial charge in [0.25, 0.3) is 0 Å². The van der Waals surface area contributed by atoms with E-state index in [1.807, 2.05) is 13.8 Å². The fourth-order valence-electron chi connectivity index (χ4n) is 2.16. The summed E-state index contributed by atoms with van der Waals surface area (Å²) in [5, 5.41) is 11.2. The van der Waals surface area contributed by atoms with Gasteiger partial charge in [0.05, 0.1) is 5.92 Å². The molecular weight excluding hydrogens is 248 g/mol. The second-order valence-corrected chi connectivity index (χ2v) is 5.38. The van der Waals surface area contributed by atoms with Crippen LogP contribution in [0.15, 0.2) is 0 Å². The SMILES string of the molecule is CC(C)CN1CC(C(=O)NCCCC(=O)O)CC1=O. The minimum atomic E-state index is -0.867. The highest BCUT2D eigenvalue weighted by Gasteiger charge is 2.34. The van der Waals surface area contributed by atoms with Gasteiger partial charge >= 0.3 is 5.97 Å². The molecule has 0 aromatic carbocycles. The number of aliphatic carboxylic acids is 1. The first-order chi connectivity index (χ1) is 8.90. The second-order valence-electron chi connectivity index (χ2n) is 5.38. The van der Waals surface area contributed by atoms with Crippen molar-refractivity contribution in [1.29, 1.82) is 0 Å². The highest BCUT2D eigenvalue weighted by atomic mass is 16.4. The molecule has 1 aliphatic heterocycles. The Hall–Kier alpha value is -1.59. The molecule has 6 nitrogen and oxygen atoms in total. The zero-order valence-corrected chi connectivity index (χ0v) is 11.5. The summed E-state index contributed by atoms with van der Waals surface area (Å²) in [7, 11) is 0. The number of amides is 2. The van der Waals surface area contributed by atoms with Gasteiger partial charge in [0.15, 0.2) is 0 Å². The lowest BCUT2D eigenvalue weighted by Crippen LogP contribution is -2.34. The normalized spacial score (nSPS) is 19.0. The van der Waals surface area contributed by atoms with E-state index in [-0.39, 0.29) is 30.6 Å². The Morgan fingerprint density at radius 2 is 2.16 bits per heavy atom. The average Bonchev–Trinajstić information content (AvgIpc) is 2.65. The first-order valence-electron chi connectivity index (χ1n) is 6.67. The summed E-state index contributed by atoms with van der Waals surface area (Å²) >= 11 is 0. The molecule has 2 amide bonds. The van der Waals surface area contributed by atoms with Crippen LogP contribution in [0.4, 0.5) is 0 Å². The van der Waals surface area contributed by atoms with Crippen LogP contribution in [-0.2, 0) is 14.4 Å². The summed E-state index contributed by atoms with van der Waals surface area (Å²) in [6.45, 7) is 5.57. The standard InChI is InChI=1S/C13H22N2O4/c1-9(2)7-15-8-10(6-11(15)16)13(19)14-5-3-4-12(17)18/h9-10H,3-8H2,1-2H3,(H,14,19)(H,17,18). The lowest BCUT2D eigenvalue weighted by atomic mass is 10.1. The summed E-state index contributed by atoms with van der Waals surface area (Å²) in [6, 6.07) is 0. The Kier molecular flexibility index (Phi) is 5.79. The maximum atomic E-state index is 11.8. The number of nitrogens with one attached hydrogen (secondary N) is 1. The van der Waals surface area contributed by atoms with E-state index in [0.717, 1.165) is 0 Å². The van der Waals surface area contributed by atoms with Crippen LogP contribution in [0.3, 0.4) is 0 Å². The van der Waals surface area contributed by atoms with Gasteiger partial charge in [-0.25, -0.2) is 0 Å². The van der Waals surface area contributed by atoms with E-state index in [0.29, 0.717) is 32.0 Å². The third-order valence-corrected chi connectivity index (χ3v) is 3.04. The first kappa shape index (κ1) is 15.5. The summed E-state index contributed by atoms with van der Waals surface area (Å²) < 4.78 is 0. The molecular formula is C13H22N2O4. The first-order valence-corrected chi connectivity index (χ1v) is 6.67. The third kappa shape index (κ3) is 5.28. The highest BCUT2D eigenvalue weighted by Crippen LogP contribution is 2.19. The molecule has 2 N–H and O–H groups in total. The summed E-state index contributed by atoms with van der Waals surface area (Å²) in [5.74, 6) is -0.893. The average molecular weight is 270 g/mol. The van der Waals surface area contributed by atoms with Crippen molar-refractivity contribution in [3.8, 4) is 0 Å². The van der Waals surface area contributed by atoms with Gasteiger partial charge in [-0.1, -0.05) is 13.8 Å². The zero-order valence-electron chi connectivity index (χ0n) is 11.5. The molecule has 19 heavy (non-hydrogen) atoms. The molecule has 1 saturated heterocycles. The smallest absolute Gasteiger partial charge is 0.303 e. The van der Waals surface area contributed by atoms with Crippen molar-refractivity contribution < 1.29 is 19.5 Å². The van der Waals surface area contributed by atoms with Crippen LogP contribution in [-0.4, -0.2) is 47.4 Å².